The molecule has 0 aromatic heterocycles. The minimum Gasteiger partial charge on any atom is -0.493 e. The first kappa shape index (κ1) is 23.3. The summed E-state index contributed by atoms with van der Waals surface area (Å²) in [6.45, 7) is 3.74. The molecule has 0 heterocycles. The van der Waals surface area contributed by atoms with Gasteiger partial charge in [0.1, 0.15) is 5.82 Å². The SMILES string of the molecule is C=CCc1cc(C(=O)Nc2ccc(F)c(NC(=O)C3CCCCC3)c2)cc(OC)c1OC. The summed E-state index contributed by atoms with van der Waals surface area (Å²) < 4.78 is 25.1. The molecule has 170 valence electrons. The molecule has 2 N–H and O–H groups in total. The van der Waals surface area contributed by atoms with Crippen LogP contribution in [-0.2, 0) is 11.2 Å². The number of carbonyl (C=O) groups is 2. The number of nitrogens with one attached hydrogen (secondary N) is 2. The summed E-state index contributed by atoms with van der Waals surface area (Å²) in [5.74, 6) is -0.258. The van der Waals surface area contributed by atoms with Gasteiger partial charge in [-0.3, -0.25) is 9.59 Å². The minimum atomic E-state index is -0.549. The number of carbonyl (C=O) groups excluding carboxylic acids is 2. The van der Waals surface area contributed by atoms with Gasteiger partial charge in [0.2, 0.25) is 5.91 Å². The number of ether oxygens (including phenoxy) is 2. The third-order valence-electron chi connectivity index (χ3n) is 5.64. The zero-order chi connectivity index (χ0) is 23.1. The van der Waals surface area contributed by atoms with E-state index < -0.39 is 11.7 Å². The molecule has 32 heavy (non-hydrogen) atoms. The zero-order valence-corrected chi connectivity index (χ0v) is 18.5. The Kier molecular flexibility index (Phi) is 7.87. The number of methoxy groups -OCH3 is 2. The Bertz CT molecular complexity index is 1000. The highest BCUT2D eigenvalue weighted by Gasteiger charge is 2.22. The predicted octanol–water partition coefficient (Wildman–Crippen LogP) is 5.34. The molecule has 1 aliphatic carbocycles. The summed E-state index contributed by atoms with van der Waals surface area (Å²) in [7, 11) is 3.03. The zero-order valence-electron chi connectivity index (χ0n) is 18.5. The summed E-state index contributed by atoms with van der Waals surface area (Å²) in [5, 5.41) is 5.44. The van der Waals surface area contributed by atoms with Crippen LogP contribution in [0.1, 0.15) is 48.0 Å². The van der Waals surface area contributed by atoms with Gasteiger partial charge < -0.3 is 20.1 Å². The smallest absolute Gasteiger partial charge is 0.255 e. The van der Waals surface area contributed by atoms with Crippen molar-refractivity contribution in [1.82, 2.24) is 0 Å². The quantitative estimate of drug-likeness (QED) is 0.543. The molecule has 1 saturated carbocycles. The van der Waals surface area contributed by atoms with E-state index in [0.717, 1.165) is 37.7 Å². The van der Waals surface area contributed by atoms with Crippen LogP contribution in [-0.4, -0.2) is 26.0 Å². The van der Waals surface area contributed by atoms with E-state index in [0.29, 0.717) is 29.2 Å². The van der Waals surface area contributed by atoms with Crippen molar-refractivity contribution in [3.8, 4) is 11.5 Å². The van der Waals surface area contributed by atoms with Crippen LogP contribution < -0.4 is 20.1 Å². The summed E-state index contributed by atoms with van der Waals surface area (Å²) in [5.41, 5.74) is 1.54. The molecule has 6 nitrogen and oxygen atoms in total. The number of amides is 2. The normalized spacial score (nSPS) is 13.8. The summed E-state index contributed by atoms with van der Waals surface area (Å²) >= 11 is 0. The van der Waals surface area contributed by atoms with Gasteiger partial charge in [0, 0.05) is 22.7 Å². The molecular formula is C25H29FN2O4. The van der Waals surface area contributed by atoms with Crippen molar-refractivity contribution < 1.29 is 23.5 Å². The summed E-state index contributed by atoms with van der Waals surface area (Å²) in [4.78, 5) is 25.4. The van der Waals surface area contributed by atoms with Gasteiger partial charge in [0.05, 0.1) is 19.9 Å². The molecule has 0 aliphatic heterocycles. The van der Waals surface area contributed by atoms with Crippen LogP contribution in [0.2, 0.25) is 0 Å². The average molecular weight is 441 g/mol. The van der Waals surface area contributed by atoms with Crippen LogP contribution in [0.5, 0.6) is 11.5 Å². The van der Waals surface area contributed by atoms with Gasteiger partial charge in [-0.2, -0.15) is 0 Å². The lowest BCUT2D eigenvalue weighted by Crippen LogP contribution is -2.25. The van der Waals surface area contributed by atoms with Crippen LogP contribution in [0.15, 0.2) is 43.0 Å². The lowest BCUT2D eigenvalue weighted by atomic mass is 9.88. The molecule has 0 spiro atoms. The maximum atomic E-state index is 14.3. The molecule has 1 fully saturated rings. The first-order valence-corrected chi connectivity index (χ1v) is 10.7. The highest BCUT2D eigenvalue weighted by atomic mass is 19.1. The molecule has 0 bridgehead atoms. The van der Waals surface area contributed by atoms with Gasteiger partial charge in [0.15, 0.2) is 11.5 Å². The standard InChI is InChI=1S/C25H29FN2O4/c1-4-8-17-13-18(14-22(31-2)23(17)32-3)25(30)27-19-11-12-20(26)21(15-19)28-24(29)16-9-6-5-7-10-16/h4,11-16H,1,5-10H2,2-3H3,(H,27,30)(H,28,29). The van der Waals surface area contributed by atoms with Gasteiger partial charge >= 0.3 is 0 Å². The van der Waals surface area contributed by atoms with E-state index in [1.54, 1.807) is 18.2 Å². The van der Waals surface area contributed by atoms with Crippen LogP contribution in [0.4, 0.5) is 15.8 Å². The second-order valence-electron chi connectivity index (χ2n) is 7.84. The van der Waals surface area contributed by atoms with Gasteiger partial charge in [-0.1, -0.05) is 25.3 Å². The van der Waals surface area contributed by atoms with E-state index in [2.05, 4.69) is 17.2 Å². The Morgan fingerprint density at radius 1 is 1.09 bits per heavy atom. The van der Waals surface area contributed by atoms with E-state index in [1.807, 2.05) is 0 Å². The molecule has 0 unspecified atom stereocenters. The molecule has 2 amide bonds. The fraction of sp³-hybridized carbons (Fsp3) is 0.360. The highest BCUT2D eigenvalue weighted by molar-refractivity contribution is 6.05. The van der Waals surface area contributed by atoms with Gasteiger partial charge in [-0.05, 0) is 49.6 Å². The Morgan fingerprint density at radius 2 is 1.84 bits per heavy atom. The number of hydrogen-bond donors (Lipinski definition) is 2. The molecule has 0 saturated heterocycles. The maximum absolute atomic E-state index is 14.3. The average Bonchev–Trinajstić information content (AvgIpc) is 2.81. The largest absolute Gasteiger partial charge is 0.493 e. The van der Waals surface area contributed by atoms with Gasteiger partial charge in [0.25, 0.3) is 5.91 Å². The number of halogens is 1. The molecule has 0 atom stereocenters. The number of benzene rings is 2. The maximum Gasteiger partial charge on any atom is 0.255 e. The second-order valence-corrected chi connectivity index (χ2v) is 7.84. The van der Waals surface area contributed by atoms with Crippen molar-refractivity contribution >= 4 is 23.2 Å². The Hall–Kier alpha value is -3.35. The van der Waals surface area contributed by atoms with Crippen LogP contribution in [0.3, 0.4) is 0 Å². The van der Waals surface area contributed by atoms with Gasteiger partial charge in [-0.25, -0.2) is 4.39 Å². The minimum absolute atomic E-state index is 0.0537. The third-order valence-corrected chi connectivity index (χ3v) is 5.64. The van der Waals surface area contributed by atoms with Crippen LogP contribution in [0.25, 0.3) is 0 Å². The number of anilines is 2. The molecule has 0 radical (unpaired) electrons. The van der Waals surface area contributed by atoms with Crippen molar-refractivity contribution in [2.75, 3.05) is 24.9 Å². The third kappa shape index (κ3) is 5.46. The second kappa shape index (κ2) is 10.8. The van der Waals surface area contributed by atoms with E-state index in [9.17, 15) is 14.0 Å². The van der Waals surface area contributed by atoms with Crippen LogP contribution in [0, 0.1) is 11.7 Å². The van der Waals surface area contributed by atoms with Crippen LogP contribution >= 0.6 is 0 Å². The highest BCUT2D eigenvalue weighted by Crippen LogP contribution is 2.33. The van der Waals surface area contributed by atoms with Crippen molar-refractivity contribution in [2.45, 2.75) is 38.5 Å². The Labute approximate surface area is 187 Å². The Morgan fingerprint density at radius 3 is 2.50 bits per heavy atom. The number of rotatable bonds is 8. The van der Waals surface area contributed by atoms with E-state index in [4.69, 9.17) is 9.47 Å². The van der Waals surface area contributed by atoms with E-state index in [1.165, 1.54) is 32.4 Å². The number of hydrogen-bond acceptors (Lipinski definition) is 4. The summed E-state index contributed by atoms with van der Waals surface area (Å²) in [6, 6.07) is 7.39. The first-order chi connectivity index (χ1) is 15.5. The van der Waals surface area contributed by atoms with Crippen molar-refractivity contribution in [1.29, 1.82) is 0 Å². The van der Waals surface area contributed by atoms with Crippen molar-refractivity contribution in [2.24, 2.45) is 5.92 Å². The van der Waals surface area contributed by atoms with Crippen molar-refractivity contribution in [3.63, 3.8) is 0 Å². The molecular weight excluding hydrogens is 411 g/mol. The van der Waals surface area contributed by atoms with Crippen molar-refractivity contribution in [3.05, 3.63) is 59.9 Å². The lowest BCUT2D eigenvalue weighted by molar-refractivity contribution is -0.120. The molecule has 3 rings (SSSR count). The topological polar surface area (TPSA) is 76.7 Å². The fourth-order valence-electron chi connectivity index (χ4n) is 3.98. The van der Waals surface area contributed by atoms with E-state index in [-0.39, 0.29) is 17.5 Å². The Balaban J connectivity index is 1.79. The van der Waals surface area contributed by atoms with E-state index >= 15 is 0 Å². The van der Waals surface area contributed by atoms with Gasteiger partial charge in [-0.15, -0.1) is 6.58 Å². The molecule has 2 aromatic carbocycles. The summed E-state index contributed by atoms with van der Waals surface area (Å²) in [6.07, 6.45) is 6.98. The fourth-order valence-corrected chi connectivity index (χ4v) is 3.98. The molecule has 2 aromatic rings. The first-order valence-electron chi connectivity index (χ1n) is 10.7. The monoisotopic (exact) mass is 440 g/mol. The lowest BCUT2D eigenvalue weighted by Gasteiger charge is -2.21. The number of allylic oxidation sites excluding steroid dienone is 1. The molecule has 1 aliphatic rings. The molecule has 7 heteroatoms. The predicted molar refractivity (Wildman–Crippen MR) is 123 cm³/mol.